The molecule has 1 heterocycles. The number of amides is 1. The van der Waals surface area contributed by atoms with Crippen LogP contribution in [-0.4, -0.2) is 41.4 Å². The second-order valence-corrected chi connectivity index (χ2v) is 6.44. The average Bonchev–Trinajstić information content (AvgIpc) is 2.81. The van der Waals surface area contributed by atoms with Gasteiger partial charge in [0, 0.05) is 0 Å². The monoisotopic (exact) mass is 351 g/mol. The van der Waals surface area contributed by atoms with Gasteiger partial charge in [0.25, 0.3) is 5.91 Å². The van der Waals surface area contributed by atoms with Crippen molar-refractivity contribution >= 4 is 46.3 Å². The molecule has 0 saturated carbocycles. The summed E-state index contributed by atoms with van der Waals surface area (Å²) in [7, 11) is 1.59. The fourth-order valence-electron chi connectivity index (χ4n) is 1.88. The van der Waals surface area contributed by atoms with Crippen LogP contribution in [0.4, 0.5) is 0 Å². The Kier molecular flexibility index (Phi) is 6.18. The smallest absolute Gasteiger partial charge is 0.326 e. The molecule has 1 aromatic rings. The first-order valence-electron chi connectivity index (χ1n) is 7.10. The highest BCUT2D eigenvalue weighted by molar-refractivity contribution is 8.26. The molecule has 5 nitrogen and oxygen atoms in total. The third kappa shape index (κ3) is 4.56. The van der Waals surface area contributed by atoms with Crippen molar-refractivity contribution in [2.45, 2.75) is 13.3 Å². The van der Waals surface area contributed by atoms with Crippen LogP contribution in [0.2, 0.25) is 0 Å². The van der Waals surface area contributed by atoms with Crippen molar-refractivity contribution in [1.82, 2.24) is 4.90 Å². The minimum atomic E-state index is -0.450. The molecule has 0 unspecified atom stereocenters. The molecule has 0 aliphatic carbocycles. The van der Waals surface area contributed by atoms with Gasteiger partial charge in [0.1, 0.15) is 16.6 Å². The molecule has 122 valence electrons. The molecule has 23 heavy (non-hydrogen) atoms. The Balaban J connectivity index is 2.07. The lowest BCUT2D eigenvalue weighted by Crippen LogP contribution is -2.34. The first kappa shape index (κ1) is 17.5. The molecule has 1 saturated heterocycles. The molecular formula is C16H17NO4S2. The van der Waals surface area contributed by atoms with Gasteiger partial charge in [0.2, 0.25) is 0 Å². The fourth-order valence-corrected chi connectivity index (χ4v) is 3.13. The largest absolute Gasteiger partial charge is 0.497 e. The summed E-state index contributed by atoms with van der Waals surface area (Å²) in [5.41, 5.74) is 0.861. The third-order valence-corrected chi connectivity index (χ3v) is 4.42. The van der Waals surface area contributed by atoms with E-state index in [0.717, 1.165) is 17.7 Å². The van der Waals surface area contributed by atoms with Crippen LogP contribution in [0.25, 0.3) is 6.08 Å². The fraction of sp³-hybridized carbons (Fsp3) is 0.312. The lowest BCUT2D eigenvalue weighted by atomic mass is 10.2. The molecule has 1 amide bonds. The summed E-state index contributed by atoms with van der Waals surface area (Å²) < 4.78 is 10.5. The summed E-state index contributed by atoms with van der Waals surface area (Å²) in [4.78, 5) is 25.8. The Hall–Kier alpha value is -1.86. The molecule has 2 rings (SSSR count). The second-order valence-electron chi connectivity index (χ2n) is 4.76. The van der Waals surface area contributed by atoms with Crippen LogP contribution in [0.1, 0.15) is 18.9 Å². The lowest BCUT2D eigenvalue weighted by Gasteiger charge is -2.13. The summed E-state index contributed by atoms with van der Waals surface area (Å²) in [5, 5.41) is 0. The topological polar surface area (TPSA) is 55.8 Å². The Morgan fingerprint density at radius 3 is 2.65 bits per heavy atom. The van der Waals surface area contributed by atoms with Gasteiger partial charge in [-0.25, -0.2) is 0 Å². The molecule has 0 spiro atoms. The highest BCUT2D eigenvalue weighted by atomic mass is 32.2. The summed E-state index contributed by atoms with van der Waals surface area (Å²) in [6.07, 6.45) is 2.48. The zero-order valence-electron chi connectivity index (χ0n) is 12.9. The van der Waals surface area contributed by atoms with E-state index in [9.17, 15) is 9.59 Å². The molecule has 0 radical (unpaired) electrons. The van der Waals surface area contributed by atoms with Crippen LogP contribution < -0.4 is 4.74 Å². The molecule has 1 fully saturated rings. The van der Waals surface area contributed by atoms with Crippen LogP contribution in [0.3, 0.4) is 0 Å². The van der Waals surface area contributed by atoms with Crippen molar-refractivity contribution in [2.75, 3.05) is 20.3 Å². The molecule has 0 bridgehead atoms. The molecule has 1 aliphatic rings. The highest BCUT2D eigenvalue weighted by Crippen LogP contribution is 2.32. The van der Waals surface area contributed by atoms with Crippen molar-refractivity contribution < 1.29 is 19.1 Å². The predicted molar refractivity (Wildman–Crippen MR) is 94.1 cm³/mol. The van der Waals surface area contributed by atoms with Gasteiger partial charge in [-0.3, -0.25) is 14.5 Å². The van der Waals surface area contributed by atoms with E-state index in [1.54, 1.807) is 13.2 Å². The van der Waals surface area contributed by atoms with Crippen LogP contribution >= 0.6 is 24.0 Å². The first-order chi connectivity index (χ1) is 11.0. The molecule has 7 heteroatoms. The standard InChI is InChI=1S/C16H17NO4S2/c1-3-8-21-14(18)10-17-15(19)13(23-16(17)22)9-11-4-6-12(20-2)7-5-11/h4-7,9H,3,8,10H2,1-2H3/b13-9+. The van der Waals surface area contributed by atoms with Crippen molar-refractivity contribution in [3.05, 3.63) is 34.7 Å². The second kappa shape index (κ2) is 8.12. The molecule has 0 N–H and O–H groups in total. The van der Waals surface area contributed by atoms with Crippen molar-refractivity contribution in [1.29, 1.82) is 0 Å². The molecular weight excluding hydrogens is 334 g/mol. The average molecular weight is 351 g/mol. The van der Waals surface area contributed by atoms with Gasteiger partial charge in [0.15, 0.2) is 0 Å². The summed E-state index contributed by atoms with van der Waals surface area (Å²) in [6.45, 7) is 2.10. The number of thioether (sulfide) groups is 1. The van der Waals surface area contributed by atoms with Crippen molar-refractivity contribution in [3.8, 4) is 5.75 Å². The number of benzene rings is 1. The first-order valence-corrected chi connectivity index (χ1v) is 8.32. The Labute approximate surface area is 144 Å². The minimum Gasteiger partial charge on any atom is -0.497 e. The number of rotatable bonds is 6. The van der Waals surface area contributed by atoms with E-state index in [-0.39, 0.29) is 12.5 Å². The number of ether oxygens (including phenoxy) is 2. The number of hydrogen-bond donors (Lipinski definition) is 0. The van der Waals surface area contributed by atoms with Crippen LogP contribution in [0.15, 0.2) is 29.2 Å². The van der Waals surface area contributed by atoms with Gasteiger partial charge in [-0.05, 0) is 30.2 Å². The number of carbonyl (C=O) groups is 2. The summed E-state index contributed by atoms with van der Waals surface area (Å²) >= 11 is 6.36. The number of carbonyl (C=O) groups excluding carboxylic acids is 2. The van der Waals surface area contributed by atoms with E-state index in [1.165, 1.54) is 16.7 Å². The number of thiocarbonyl (C=S) groups is 1. The molecule has 1 aromatic carbocycles. The number of methoxy groups -OCH3 is 1. The van der Waals surface area contributed by atoms with Crippen LogP contribution in [-0.2, 0) is 14.3 Å². The Morgan fingerprint density at radius 2 is 2.04 bits per heavy atom. The zero-order chi connectivity index (χ0) is 16.8. The van der Waals surface area contributed by atoms with Gasteiger partial charge < -0.3 is 9.47 Å². The van der Waals surface area contributed by atoms with Gasteiger partial charge in [-0.2, -0.15) is 0 Å². The predicted octanol–water partition coefficient (Wildman–Crippen LogP) is 2.85. The lowest BCUT2D eigenvalue weighted by molar-refractivity contribution is -0.146. The van der Waals surface area contributed by atoms with E-state index in [1.807, 2.05) is 31.2 Å². The Morgan fingerprint density at radius 1 is 1.35 bits per heavy atom. The van der Waals surface area contributed by atoms with E-state index >= 15 is 0 Å². The SMILES string of the molecule is CCCOC(=O)CN1C(=O)/C(=C\c2ccc(OC)cc2)SC1=S. The summed E-state index contributed by atoms with van der Waals surface area (Å²) in [5.74, 6) is 0.0199. The number of hydrogen-bond acceptors (Lipinski definition) is 6. The third-order valence-electron chi connectivity index (χ3n) is 3.04. The maximum absolute atomic E-state index is 12.4. The Bertz CT molecular complexity index is 640. The van der Waals surface area contributed by atoms with Crippen molar-refractivity contribution in [3.63, 3.8) is 0 Å². The zero-order valence-corrected chi connectivity index (χ0v) is 14.5. The molecule has 1 aliphatic heterocycles. The van der Waals surface area contributed by atoms with Crippen molar-refractivity contribution in [2.24, 2.45) is 0 Å². The van der Waals surface area contributed by atoms with Crippen LogP contribution in [0.5, 0.6) is 5.75 Å². The number of esters is 1. The highest BCUT2D eigenvalue weighted by Gasteiger charge is 2.33. The summed E-state index contributed by atoms with van der Waals surface area (Å²) in [6, 6.07) is 7.32. The maximum Gasteiger partial charge on any atom is 0.326 e. The maximum atomic E-state index is 12.4. The minimum absolute atomic E-state index is 0.148. The van der Waals surface area contributed by atoms with Gasteiger partial charge in [0.05, 0.1) is 18.6 Å². The van der Waals surface area contributed by atoms with E-state index < -0.39 is 5.97 Å². The van der Waals surface area contributed by atoms with Gasteiger partial charge in [-0.15, -0.1) is 0 Å². The van der Waals surface area contributed by atoms with E-state index in [0.29, 0.717) is 15.8 Å². The van der Waals surface area contributed by atoms with E-state index in [4.69, 9.17) is 21.7 Å². The quantitative estimate of drug-likeness (QED) is 0.446. The van der Waals surface area contributed by atoms with E-state index in [2.05, 4.69) is 0 Å². The number of nitrogens with zero attached hydrogens (tertiary/aromatic N) is 1. The van der Waals surface area contributed by atoms with Gasteiger partial charge >= 0.3 is 5.97 Å². The molecule has 0 aromatic heterocycles. The van der Waals surface area contributed by atoms with Crippen LogP contribution in [0, 0.1) is 0 Å². The molecule has 0 atom stereocenters. The van der Waals surface area contributed by atoms with Gasteiger partial charge in [-0.1, -0.05) is 43.0 Å². The normalized spacial score (nSPS) is 16.1.